The van der Waals surface area contributed by atoms with Crippen LogP contribution >= 0.6 is 12.4 Å². The van der Waals surface area contributed by atoms with Gasteiger partial charge in [-0.15, -0.1) is 12.4 Å². The Morgan fingerprint density at radius 1 is 0.640 bits per heavy atom. The summed E-state index contributed by atoms with van der Waals surface area (Å²) in [4.78, 5) is 0. The van der Waals surface area contributed by atoms with E-state index >= 15 is 0 Å². The Kier molecular flexibility index (Phi) is 20.7. The van der Waals surface area contributed by atoms with Gasteiger partial charge in [0.25, 0.3) is 5.97 Å². The lowest BCUT2D eigenvalue weighted by Crippen LogP contribution is -2.50. The molecule has 0 saturated heterocycles. The van der Waals surface area contributed by atoms with Crippen LogP contribution in [0.25, 0.3) is 0 Å². The van der Waals surface area contributed by atoms with Gasteiger partial charge in [-0.3, -0.25) is 0 Å². The summed E-state index contributed by atoms with van der Waals surface area (Å²) >= 11 is 0. The van der Waals surface area contributed by atoms with Crippen LogP contribution in [0.4, 0.5) is 0 Å². The van der Waals surface area contributed by atoms with Crippen LogP contribution in [0.3, 0.4) is 0 Å². The number of halogens is 1. The highest BCUT2D eigenvalue weighted by Gasteiger charge is 2.29. The van der Waals surface area contributed by atoms with Gasteiger partial charge in [0.05, 0.1) is 6.04 Å². The number of unbranched alkanes of at least 4 members (excludes halogenated alkanes) is 13. The van der Waals surface area contributed by atoms with Crippen molar-refractivity contribution < 1.29 is 15.3 Å². The molecule has 0 heterocycles. The monoisotopic (exact) mass is 381 g/mol. The van der Waals surface area contributed by atoms with Crippen LogP contribution in [0, 0.1) is 0 Å². The molecule has 0 radical (unpaired) electrons. The molecule has 0 aliphatic rings. The summed E-state index contributed by atoms with van der Waals surface area (Å²) in [6.07, 6.45) is 19.1. The first-order valence-corrected chi connectivity index (χ1v) is 10.4. The fraction of sp³-hybridized carbons (Fsp3) is 1.00. The molecular formula is C20H44ClNO3. The molecule has 0 aromatic heterocycles. The molecule has 0 aromatic carbocycles. The highest BCUT2D eigenvalue weighted by molar-refractivity contribution is 5.85. The van der Waals surface area contributed by atoms with Gasteiger partial charge < -0.3 is 20.6 Å². The molecule has 5 heteroatoms. The SMILES string of the molecule is CCCCCCCCCCCCCCCCNC(CC)C(O)(O)O.Cl. The minimum atomic E-state index is -2.61. The zero-order valence-corrected chi connectivity index (χ0v) is 17.5. The van der Waals surface area contributed by atoms with Gasteiger partial charge >= 0.3 is 0 Å². The molecule has 154 valence electrons. The third kappa shape index (κ3) is 18.7. The first-order chi connectivity index (χ1) is 11.5. The standard InChI is InChI=1S/C20H43NO3.ClH/c1-3-5-6-7-8-9-10-11-12-13-14-15-16-17-18-21-19(4-2)20(22,23)24;/h19,21-24H,3-18H2,1-2H3;1H. The number of hydrogen-bond acceptors (Lipinski definition) is 4. The van der Waals surface area contributed by atoms with Gasteiger partial charge in [-0.25, -0.2) is 0 Å². The second-order valence-electron chi connectivity index (χ2n) is 7.20. The zero-order chi connectivity index (χ0) is 18.1. The third-order valence-electron chi connectivity index (χ3n) is 4.80. The van der Waals surface area contributed by atoms with Crippen LogP contribution in [0.2, 0.25) is 0 Å². The Bertz CT molecular complexity index is 260. The topological polar surface area (TPSA) is 72.7 Å². The molecule has 1 atom stereocenters. The number of nitrogens with one attached hydrogen (secondary N) is 1. The van der Waals surface area contributed by atoms with E-state index < -0.39 is 12.0 Å². The molecule has 0 amide bonds. The van der Waals surface area contributed by atoms with Crippen molar-refractivity contribution in [3.05, 3.63) is 0 Å². The summed E-state index contributed by atoms with van der Waals surface area (Å²) in [5, 5.41) is 30.4. The first-order valence-electron chi connectivity index (χ1n) is 10.4. The minimum absolute atomic E-state index is 0. The Balaban J connectivity index is 0. The average Bonchev–Trinajstić information content (AvgIpc) is 2.53. The summed E-state index contributed by atoms with van der Waals surface area (Å²) in [6.45, 7) is 4.81. The van der Waals surface area contributed by atoms with Crippen molar-refractivity contribution in [1.82, 2.24) is 5.32 Å². The van der Waals surface area contributed by atoms with E-state index in [2.05, 4.69) is 12.2 Å². The molecule has 0 aliphatic carbocycles. The van der Waals surface area contributed by atoms with Crippen LogP contribution in [-0.2, 0) is 0 Å². The van der Waals surface area contributed by atoms with Crippen LogP contribution in [-0.4, -0.2) is 33.9 Å². The van der Waals surface area contributed by atoms with E-state index in [-0.39, 0.29) is 12.4 Å². The Labute approximate surface area is 162 Å². The number of rotatable bonds is 18. The molecule has 25 heavy (non-hydrogen) atoms. The molecule has 0 spiro atoms. The molecule has 0 bridgehead atoms. The quantitative estimate of drug-likeness (QED) is 0.201. The summed E-state index contributed by atoms with van der Waals surface area (Å²) in [5.74, 6) is -2.61. The molecule has 0 rings (SSSR count). The largest absolute Gasteiger partial charge is 0.342 e. The molecule has 1 unspecified atom stereocenters. The van der Waals surface area contributed by atoms with E-state index in [0.29, 0.717) is 6.42 Å². The van der Waals surface area contributed by atoms with Gasteiger partial charge in [0.1, 0.15) is 0 Å². The number of hydrogen-bond donors (Lipinski definition) is 4. The van der Waals surface area contributed by atoms with Crippen LogP contribution in [0.15, 0.2) is 0 Å². The summed E-state index contributed by atoms with van der Waals surface area (Å²) in [6, 6.07) is -0.667. The zero-order valence-electron chi connectivity index (χ0n) is 16.6. The van der Waals surface area contributed by atoms with Crippen molar-refractivity contribution in [2.45, 2.75) is 122 Å². The molecule has 0 aromatic rings. The van der Waals surface area contributed by atoms with Crippen molar-refractivity contribution in [3.63, 3.8) is 0 Å². The van der Waals surface area contributed by atoms with Crippen molar-refractivity contribution in [1.29, 1.82) is 0 Å². The highest BCUT2D eigenvalue weighted by Crippen LogP contribution is 2.13. The maximum atomic E-state index is 9.14. The lowest BCUT2D eigenvalue weighted by molar-refractivity contribution is -0.327. The van der Waals surface area contributed by atoms with Crippen molar-refractivity contribution in [3.8, 4) is 0 Å². The molecule has 0 aliphatic heterocycles. The van der Waals surface area contributed by atoms with Gasteiger partial charge in [0, 0.05) is 0 Å². The van der Waals surface area contributed by atoms with E-state index in [9.17, 15) is 0 Å². The lowest BCUT2D eigenvalue weighted by Gasteiger charge is -2.25. The predicted octanol–water partition coefficient (Wildman–Crippen LogP) is 4.89. The summed E-state index contributed by atoms with van der Waals surface area (Å²) in [5.41, 5.74) is 0. The average molecular weight is 382 g/mol. The van der Waals surface area contributed by atoms with Crippen molar-refractivity contribution in [2.24, 2.45) is 0 Å². The van der Waals surface area contributed by atoms with Gasteiger partial charge in [-0.05, 0) is 19.4 Å². The predicted molar refractivity (Wildman–Crippen MR) is 109 cm³/mol. The summed E-state index contributed by atoms with van der Waals surface area (Å²) in [7, 11) is 0. The molecule has 4 nitrogen and oxygen atoms in total. The van der Waals surface area contributed by atoms with Gasteiger partial charge in [0.15, 0.2) is 0 Å². The maximum absolute atomic E-state index is 9.14. The van der Waals surface area contributed by atoms with E-state index in [1.165, 1.54) is 77.0 Å². The Hall–Kier alpha value is 0.130. The second-order valence-corrected chi connectivity index (χ2v) is 7.20. The van der Waals surface area contributed by atoms with E-state index in [1.807, 2.05) is 6.92 Å². The van der Waals surface area contributed by atoms with Crippen molar-refractivity contribution in [2.75, 3.05) is 6.54 Å². The van der Waals surface area contributed by atoms with Gasteiger partial charge in [-0.2, -0.15) is 0 Å². The van der Waals surface area contributed by atoms with E-state index in [0.717, 1.165) is 19.4 Å². The van der Waals surface area contributed by atoms with Crippen LogP contribution in [0.1, 0.15) is 110 Å². The van der Waals surface area contributed by atoms with E-state index in [1.54, 1.807) is 0 Å². The fourth-order valence-corrected chi connectivity index (χ4v) is 3.15. The van der Waals surface area contributed by atoms with Crippen molar-refractivity contribution >= 4 is 12.4 Å². The number of aliphatic hydroxyl groups is 3. The molecule has 4 N–H and O–H groups in total. The van der Waals surface area contributed by atoms with E-state index in [4.69, 9.17) is 15.3 Å². The van der Waals surface area contributed by atoms with Gasteiger partial charge in [-0.1, -0.05) is 97.3 Å². The Morgan fingerprint density at radius 2 is 1.00 bits per heavy atom. The maximum Gasteiger partial charge on any atom is 0.291 e. The molecule has 0 fully saturated rings. The highest BCUT2D eigenvalue weighted by atomic mass is 35.5. The molecule has 0 saturated carbocycles. The normalized spacial score (nSPS) is 12.8. The summed E-state index contributed by atoms with van der Waals surface area (Å²) < 4.78 is 0. The minimum Gasteiger partial charge on any atom is -0.342 e. The Morgan fingerprint density at radius 3 is 1.32 bits per heavy atom. The van der Waals surface area contributed by atoms with Crippen LogP contribution in [0.5, 0.6) is 0 Å². The lowest BCUT2D eigenvalue weighted by atomic mass is 10.0. The molecular weight excluding hydrogens is 338 g/mol. The van der Waals surface area contributed by atoms with Crippen LogP contribution < -0.4 is 5.32 Å². The van der Waals surface area contributed by atoms with Gasteiger partial charge in [0.2, 0.25) is 0 Å². The second kappa shape index (κ2) is 18.9. The fourth-order valence-electron chi connectivity index (χ4n) is 3.15. The third-order valence-corrected chi connectivity index (χ3v) is 4.80. The smallest absolute Gasteiger partial charge is 0.291 e. The first kappa shape index (κ1) is 27.3.